The lowest BCUT2D eigenvalue weighted by atomic mass is 10.0. The van der Waals surface area contributed by atoms with Gasteiger partial charge in [0.2, 0.25) is 5.16 Å². The monoisotopic (exact) mass is 425 g/mol. The van der Waals surface area contributed by atoms with E-state index in [2.05, 4.69) is 20.5 Å². The van der Waals surface area contributed by atoms with Crippen LogP contribution in [0.2, 0.25) is 0 Å². The van der Waals surface area contributed by atoms with Gasteiger partial charge in [0.25, 0.3) is 0 Å². The van der Waals surface area contributed by atoms with Crippen LogP contribution in [0.25, 0.3) is 16.6 Å². The molecule has 0 aliphatic rings. The van der Waals surface area contributed by atoms with Crippen molar-refractivity contribution in [3.8, 4) is 5.69 Å². The summed E-state index contributed by atoms with van der Waals surface area (Å²) in [5, 5.41) is 13.2. The molecule has 6 nitrogen and oxygen atoms in total. The predicted octanol–water partition coefficient (Wildman–Crippen LogP) is 5.17. The molecule has 5 rings (SSSR count). The highest BCUT2D eigenvalue weighted by atomic mass is 32.2. The van der Waals surface area contributed by atoms with Crippen LogP contribution in [0.4, 0.5) is 0 Å². The topological polar surface area (TPSA) is 76.5 Å². The van der Waals surface area contributed by atoms with Gasteiger partial charge in [-0.25, -0.2) is 0 Å². The van der Waals surface area contributed by atoms with Gasteiger partial charge in [0.1, 0.15) is 5.25 Å². The number of para-hydroxylation sites is 1. The summed E-state index contributed by atoms with van der Waals surface area (Å²) in [6.45, 7) is 2.03. The number of hydrogen-bond donors (Lipinski definition) is 1. The second-order valence-electron chi connectivity index (χ2n) is 7.23. The fraction of sp³-hybridized carbons (Fsp3) is 0.0833. The van der Waals surface area contributed by atoms with Gasteiger partial charge in [0.15, 0.2) is 5.78 Å². The minimum atomic E-state index is -0.490. The zero-order chi connectivity index (χ0) is 21.2. The van der Waals surface area contributed by atoms with Gasteiger partial charge >= 0.3 is 0 Å². The van der Waals surface area contributed by atoms with Crippen molar-refractivity contribution in [3.63, 3.8) is 0 Å². The molecule has 152 valence electrons. The molecule has 7 heteroatoms. The van der Waals surface area contributed by atoms with E-state index in [-0.39, 0.29) is 5.78 Å². The van der Waals surface area contributed by atoms with E-state index in [9.17, 15) is 4.79 Å². The largest absolute Gasteiger partial charge is 0.360 e. The summed E-state index contributed by atoms with van der Waals surface area (Å²) < 4.78 is 1.67. The van der Waals surface area contributed by atoms with Crippen LogP contribution in [-0.2, 0) is 0 Å². The third kappa shape index (κ3) is 3.75. The first kappa shape index (κ1) is 19.3. The van der Waals surface area contributed by atoms with E-state index in [1.54, 1.807) is 10.9 Å². The third-order valence-electron chi connectivity index (χ3n) is 5.14. The molecule has 1 atom stereocenters. The van der Waals surface area contributed by atoms with Gasteiger partial charge in [0.05, 0.1) is 5.69 Å². The van der Waals surface area contributed by atoms with Crippen molar-refractivity contribution >= 4 is 28.4 Å². The van der Waals surface area contributed by atoms with Crippen LogP contribution in [0.5, 0.6) is 0 Å². The first-order chi connectivity index (χ1) is 15.2. The van der Waals surface area contributed by atoms with E-state index in [1.165, 1.54) is 11.8 Å². The minimum absolute atomic E-state index is 0.00658. The maximum Gasteiger partial charge on any atom is 0.215 e. The average molecular weight is 426 g/mol. The number of tetrazole rings is 1. The number of hydrogen-bond acceptors (Lipinski definition) is 5. The molecule has 0 unspecified atom stereocenters. The van der Waals surface area contributed by atoms with E-state index in [1.807, 2.05) is 85.8 Å². The summed E-state index contributed by atoms with van der Waals surface area (Å²) in [5.74, 6) is 0.00658. The molecule has 2 aromatic heterocycles. The summed E-state index contributed by atoms with van der Waals surface area (Å²) in [5.41, 5.74) is 4.51. The van der Waals surface area contributed by atoms with Crippen LogP contribution in [-0.4, -0.2) is 31.0 Å². The number of thioether (sulfide) groups is 1. The van der Waals surface area contributed by atoms with E-state index >= 15 is 0 Å². The zero-order valence-electron chi connectivity index (χ0n) is 16.8. The number of ketones is 1. The van der Waals surface area contributed by atoms with Gasteiger partial charge in [0, 0.05) is 22.7 Å². The highest BCUT2D eigenvalue weighted by Gasteiger charge is 2.28. The Labute approximate surface area is 183 Å². The predicted molar refractivity (Wildman–Crippen MR) is 122 cm³/mol. The normalized spacial score (nSPS) is 12.2. The maximum absolute atomic E-state index is 13.7. The van der Waals surface area contributed by atoms with Crippen molar-refractivity contribution in [2.24, 2.45) is 0 Å². The van der Waals surface area contributed by atoms with Crippen molar-refractivity contribution in [1.82, 2.24) is 25.2 Å². The molecule has 0 radical (unpaired) electrons. The SMILES string of the molecule is Cc1ccc(-n2nnnc2S[C@@H](C(=O)c2c[nH]c3ccccc23)c2ccccc2)cc1. The van der Waals surface area contributed by atoms with E-state index in [0.717, 1.165) is 27.7 Å². The molecule has 0 amide bonds. The standard InChI is InChI=1S/C24H19N5OS/c1-16-11-13-18(14-12-16)29-24(26-27-28-29)31-23(17-7-3-2-4-8-17)22(30)20-15-25-21-10-6-5-9-19(20)21/h2-15,23,25H,1H3/t23-/m1/s1. The molecule has 0 saturated heterocycles. The quantitative estimate of drug-likeness (QED) is 0.300. The fourth-order valence-corrected chi connectivity index (χ4v) is 4.59. The Balaban J connectivity index is 1.55. The van der Waals surface area contributed by atoms with Crippen LogP contribution in [0.15, 0.2) is 90.2 Å². The van der Waals surface area contributed by atoms with Gasteiger partial charge in [-0.1, -0.05) is 78.0 Å². The van der Waals surface area contributed by atoms with Crippen molar-refractivity contribution in [2.45, 2.75) is 17.3 Å². The van der Waals surface area contributed by atoms with Crippen molar-refractivity contribution in [3.05, 3.63) is 102 Å². The number of benzene rings is 3. The number of rotatable bonds is 6. The molecule has 0 aliphatic heterocycles. The molecular formula is C24H19N5OS. The number of aromatic amines is 1. The second-order valence-corrected chi connectivity index (χ2v) is 8.30. The Kier molecular flexibility index (Phi) is 5.09. The molecule has 5 aromatic rings. The highest BCUT2D eigenvalue weighted by Crippen LogP contribution is 2.38. The van der Waals surface area contributed by atoms with Crippen LogP contribution < -0.4 is 0 Å². The summed E-state index contributed by atoms with van der Waals surface area (Å²) in [6, 6.07) is 25.5. The smallest absolute Gasteiger partial charge is 0.215 e. The van der Waals surface area contributed by atoms with Crippen LogP contribution in [0, 0.1) is 6.92 Å². The van der Waals surface area contributed by atoms with Crippen LogP contribution >= 0.6 is 11.8 Å². The molecular weight excluding hydrogens is 406 g/mol. The minimum Gasteiger partial charge on any atom is -0.360 e. The molecule has 1 N–H and O–H groups in total. The van der Waals surface area contributed by atoms with E-state index < -0.39 is 5.25 Å². The summed E-state index contributed by atoms with van der Waals surface area (Å²) in [6.07, 6.45) is 1.78. The van der Waals surface area contributed by atoms with Gasteiger partial charge in [-0.15, -0.1) is 5.10 Å². The Morgan fingerprint density at radius 2 is 1.71 bits per heavy atom. The number of fused-ring (bicyclic) bond motifs is 1. The summed E-state index contributed by atoms with van der Waals surface area (Å²) >= 11 is 1.35. The Bertz CT molecular complexity index is 1340. The first-order valence-electron chi connectivity index (χ1n) is 9.88. The maximum atomic E-state index is 13.7. The molecule has 0 aliphatic carbocycles. The molecule has 2 heterocycles. The number of Topliss-reactive ketones (excluding diaryl/α,β-unsaturated/α-hetero) is 1. The van der Waals surface area contributed by atoms with Crippen LogP contribution in [0.3, 0.4) is 0 Å². The summed E-state index contributed by atoms with van der Waals surface area (Å²) in [4.78, 5) is 16.9. The Morgan fingerprint density at radius 1 is 0.968 bits per heavy atom. The molecule has 0 spiro atoms. The molecule has 3 aromatic carbocycles. The molecule has 31 heavy (non-hydrogen) atoms. The lowest BCUT2D eigenvalue weighted by molar-refractivity contribution is 0.0991. The fourth-order valence-electron chi connectivity index (χ4n) is 3.52. The molecule has 0 bridgehead atoms. The lowest BCUT2D eigenvalue weighted by Crippen LogP contribution is -2.11. The number of aryl methyl sites for hydroxylation is 1. The van der Waals surface area contributed by atoms with Gasteiger partial charge in [-0.2, -0.15) is 4.68 Å². The lowest BCUT2D eigenvalue weighted by Gasteiger charge is -2.15. The number of H-pyrrole nitrogens is 1. The first-order valence-corrected chi connectivity index (χ1v) is 10.8. The highest BCUT2D eigenvalue weighted by molar-refractivity contribution is 8.00. The molecule has 0 saturated carbocycles. The van der Waals surface area contributed by atoms with Gasteiger partial charge < -0.3 is 4.98 Å². The number of nitrogens with one attached hydrogen (secondary N) is 1. The van der Waals surface area contributed by atoms with Gasteiger partial charge in [-0.3, -0.25) is 4.79 Å². The van der Waals surface area contributed by atoms with Crippen molar-refractivity contribution in [2.75, 3.05) is 0 Å². The number of nitrogens with zero attached hydrogens (tertiary/aromatic N) is 4. The van der Waals surface area contributed by atoms with Crippen LogP contribution in [0.1, 0.15) is 26.7 Å². The number of carbonyl (C=O) groups excluding carboxylic acids is 1. The number of aromatic nitrogens is 5. The summed E-state index contributed by atoms with van der Waals surface area (Å²) in [7, 11) is 0. The third-order valence-corrected chi connectivity index (χ3v) is 6.33. The zero-order valence-corrected chi connectivity index (χ0v) is 17.6. The van der Waals surface area contributed by atoms with Crippen molar-refractivity contribution in [1.29, 1.82) is 0 Å². The number of carbonyl (C=O) groups is 1. The van der Waals surface area contributed by atoms with Crippen molar-refractivity contribution < 1.29 is 4.79 Å². The van der Waals surface area contributed by atoms with E-state index in [4.69, 9.17) is 0 Å². The average Bonchev–Trinajstić information content (AvgIpc) is 3.45. The Morgan fingerprint density at radius 3 is 2.52 bits per heavy atom. The Hall–Kier alpha value is -3.71. The van der Waals surface area contributed by atoms with Gasteiger partial charge in [-0.05, 0) is 41.1 Å². The van der Waals surface area contributed by atoms with E-state index in [0.29, 0.717) is 10.7 Å². The second kappa shape index (κ2) is 8.20. The molecule has 0 fully saturated rings.